The van der Waals surface area contributed by atoms with Crippen molar-refractivity contribution in [2.24, 2.45) is 0 Å². The summed E-state index contributed by atoms with van der Waals surface area (Å²) in [7, 11) is 3.36. The Hall–Kier alpha value is -0.980. The van der Waals surface area contributed by atoms with E-state index in [0.29, 0.717) is 19.1 Å². The zero-order valence-corrected chi connectivity index (χ0v) is 13.5. The summed E-state index contributed by atoms with van der Waals surface area (Å²) in [5.41, 5.74) is 0.905. The Balaban J connectivity index is 2.94. The first-order valence-electron chi connectivity index (χ1n) is 6.86. The highest BCUT2D eigenvalue weighted by Crippen LogP contribution is 2.30. The van der Waals surface area contributed by atoms with Crippen LogP contribution in [0.25, 0.3) is 0 Å². The fourth-order valence-corrected chi connectivity index (χ4v) is 2.86. The molecular weight excluding hydrogens is 276 g/mol. The van der Waals surface area contributed by atoms with Crippen molar-refractivity contribution < 1.29 is 14.3 Å². The fourth-order valence-electron chi connectivity index (χ4n) is 1.80. The molecule has 0 aliphatic rings. The van der Waals surface area contributed by atoms with Gasteiger partial charge in [-0.1, -0.05) is 25.2 Å². The zero-order chi connectivity index (χ0) is 15.0. The third kappa shape index (κ3) is 4.54. The number of hydrogen-bond acceptors (Lipinski definition) is 6. The molecule has 1 unspecified atom stereocenters. The lowest BCUT2D eigenvalue weighted by Gasteiger charge is -2.20. The van der Waals surface area contributed by atoms with E-state index >= 15 is 0 Å². The van der Waals surface area contributed by atoms with Crippen LogP contribution in [0, 0.1) is 0 Å². The summed E-state index contributed by atoms with van der Waals surface area (Å²) >= 11 is 1.45. The molecule has 20 heavy (non-hydrogen) atoms. The molecule has 0 fully saturated rings. The minimum absolute atomic E-state index is 0.298. The normalized spacial score (nSPS) is 12.4. The van der Waals surface area contributed by atoms with E-state index in [0.717, 1.165) is 41.5 Å². The summed E-state index contributed by atoms with van der Waals surface area (Å²) in [6.07, 6.45) is 1.88. The quantitative estimate of drug-likeness (QED) is 0.622. The van der Waals surface area contributed by atoms with E-state index in [1.165, 1.54) is 11.3 Å². The molecule has 114 valence electrons. The first kappa shape index (κ1) is 17.1. The molecule has 0 amide bonds. The molecule has 5 nitrogen and oxygen atoms in total. The van der Waals surface area contributed by atoms with Crippen LogP contribution in [0.1, 0.15) is 41.6 Å². The lowest BCUT2D eigenvalue weighted by Crippen LogP contribution is -2.30. The van der Waals surface area contributed by atoms with Crippen molar-refractivity contribution >= 4 is 22.8 Å². The van der Waals surface area contributed by atoms with Crippen molar-refractivity contribution in [3.8, 4) is 0 Å². The van der Waals surface area contributed by atoms with Gasteiger partial charge in [-0.25, -0.2) is 4.98 Å². The van der Waals surface area contributed by atoms with Gasteiger partial charge in [0.2, 0.25) is 0 Å². The van der Waals surface area contributed by atoms with E-state index in [2.05, 4.69) is 23.7 Å². The molecule has 1 heterocycles. The lowest BCUT2D eigenvalue weighted by molar-refractivity contribution is 0.112. The largest absolute Gasteiger partial charge is 0.383 e. The van der Waals surface area contributed by atoms with E-state index in [-0.39, 0.29) is 0 Å². The minimum Gasteiger partial charge on any atom is -0.383 e. The van der Waals surface area contributed by atoms with Gasteiger partial charge in [0.05, 0.1) is 23.8 Å². The van der Waals surface area contributed by atoms with Gasteiger partial charge in [-0.3, -0.25) is 4.79 Å². The maximum atomic E-state index is 11.2. The molecule has 0 aromatic carbocycles. The smallest absolute Gasteiger partial charge is 0.186 e. The van der Waals surface area contributed by atoms with E-state index in [1.807, 2.05) is 0 Å². The van der Waals surface area contributed by atoms with Gasteiger partial charge in [0.1, 0.15) is 0 Å². The number of aromatic nitrogens is 1. The van der Waals surface area contributed by atoms with Gasteiger partial charge in [-0.05, 0) is 12.3 Å². The second kappa shape index (κ2) is 9.05. The van der Waals surface area contributed by atoms with Gasteiger partial charge < -0.3 is 14.4 Å². The zero-order valence-electron chi connectivity index (χ0n) is 12.7. The highest BCUT2D eigenvalue weighted by Gasteiger charge is 2.19. The van der Waals surface area contributed by atoms with Crippen LogP contribution >= 0.6 is 11.3 Å². The summed E-state index contributed by atoms with van der Waals surface area (Å²) in [4.78, 5) is 18.7. The molecule has 0 spiro atoms. The van der Waals surface area contributed by atoms with E-state index in [9.17, 15) is 4.79 Å². The number of rotatable bonds is 10. The third-order valence-corrected chi connectivity index (χ3v) is 4.31. The lowest BCUT2D eigenvalue weighted by atomic mass is 10.0. The molecular formula is C14H24N2O3S. The molecule has 0 bridgehead atoms. The van der Waals surface area contributed by atoms with Crippen LogP contribution in [0.5, 0.6) is 0 Å². The second-order valence-electron chi connectivity index (χ2n) is 4.65. The molecule has 1 aromatic heterocycles. The van der Waals surface area contributed by atoms with Crippen LogP contribution in [0.3, 0.4) is 0 Å². The van der Waals surface area contributed by atoms with Crippen molar-refractivity contribution in [3.05, 3.63) is 10.6 Å². The molecule has 1 rings (SSSR count). The topological polar surface area (TPSA) is 51.7 Å². The third-order valence-electron chi connectivity index (χ3n) is 3.26. The van der Waals surface area contributed by atoms with Crippen LogP contribution in [0.4, 0.5) is 5.13 Å². The maximum absolute atomic E-state index is 11.2. The number of methoxy groups -OCH3 is 2. The van der Waals surface area contributed by atoms with Gasteiger partial charge in [-0.2, -0.15) is 0 Å². The molecule has 1 aromatic rings. The van der Waals surface area contributed by atoms with Crippen molar-refractivity contribution in [2.75, 3.05) is 45.4 Å². The van der Waals surface area contributed by atoms with Crippen molar-refractivity contribution in [2.45, 2.75) is 26.2 Å². The number of ether oxygens (including phenoxy) is 2. The average molecular weight is 300 g/mol. The second-order valence-corrected chi connectivity index (χ2v) is 5.65. The predicted octanol–water partition coefficient (Wildman–Crippen LogP) is 2.57. The molecule has 0 N–H and O–H groups in total. The molecule has 0 saturated carbocycles. The van der Waals surface area contributed by atoms with E-state index in [4.69, 9.17) is 9.47 Å². The number of hydrogen-bond donors (Lipinski definition) is 0. The van der Waals surface area contributed by atoms with Gasteiger partial charge in [0, 0.05) is 27.3 Å². The van der Waals surface area contributed by atoms with E-state index in [1.54, 1.807) is 14.2 Å². The van der Waals surface area contributed by atoms with Crippen LogP contribution in [-0.2, 0) is 9.47 Å². The summed E-state index contributed by atoms with van der Waals surface area (Å²) in [5.74, 6) is 0.298. The average Bonchev–Trinajstić information content (AvgIpc) is 2.90. The first-order chi connectivity index (χ1) is 9.67. The SMILES string of the molecule is CCC(C)c1nc(N(CCOC)CCOC)sc1C=O. The molecule has 0 aliphatic heterocycles. The Kier molecular flexibility index (Phi) is 7.72. The summed E-state index contributed by atoms with van der Waals surface area (Å²) < 4.78 is 10.3. The fraction of sp³-hybridized carbons (Fsp3) is 0.714. The van der Waals surface area contributed by atoms with Gasteiger partial charge in [-0.15, -0.1) is 0 Å². The predicted molar refractivity (Wildman–Crippen MR) is 82.2 cm³/mol. The van der Waals surface area contributed by atoms with Gasteiger partial charge in [0.15, 0.2) is 11.4 Å². The Bertz CT molecular complexity index is 401. The Morgan fingerprint density at radius 1 is 1.30 bits per heavy atom. The number of anilines is 1. The number of thiazole rings is 1. The number of carbonyl (C=O) groups excluding carboxylic acids is 1. The summed E-state index contributed by atoms with van der Waals surface area (Å²) in [5, 5.41) is 0.872. The molecule has 0 radical (unpaired) electrons. The monoisotopic (exact) mass is 300 g/mol. The molecule has 0 aliphatic carbocycles. The minimum atomic E-state index is 0.298. The highest BCUT2D eigenvalue weighted by atomic mass is 32.1. The maximum Gasteiger partial charge on any atom is 0.186 e. The molecule has 6 heteroatoms. The van der Waals surface area contributed by atoms with Crippen LogP contribution in [-0.4, -0.2) is 51.8 Å². The standard InChI is InChI=1S/C14H24N2O3S/c1-5-11(2)13-12(10-17)20-14(15-13)16(6-8-18-3)7-9-19-4/h10-11H,5-9H2,1-4H3. The number of aldehydes is 1. The van der Waals surface area contributed by atoms with Crippen LogP contribution in [0.15, 0.2) is 0 Å². The number of nitrogens with zero attached hydrogens (tertiary/aromatic N) is 2. The Morgan fingerprint density at radius 2 is 1.90 bits per heavy atom. The van der Waals surface area contributed by atoms with Crippen molar-refractivity contribution in [1.29, 1.82) is 0 Å². The first-order valence-corrected chi connectivity index (χ1v) is 7.68. The van der Waals surface area contributed by atoms with Crippen molar-refractivity contribution in [3.63, 3.8) is 0 Å². The number of carbonyl (C=O) groups is 1. The Labute approximate surface area is 124 Å². The summed E-state index contributed by atoms with van der Waals surface area (Å²) in [6.45, 7) is 6.93. The highest BCUT2D eigenvalue weighted by molar-refractivity contribution is 7.17. The van der Waals surface area contributed by atoms with Crippen LogP contribution in [0.2, 0.25) is 0 Å². The Morgan fingerprint density at radius 3 is 2.35 bits per heavy atom. The van der Waals surface area contributed by atoms with Gasteiger partial charge >= 0.3 is 0 Å². The van der Waals surface area contributed by atoms with Gasteiger partial charge in [0.25, 0.3) is 0 Å². The summed E-state index contributed by atoms with van der Waals surface area (Å²) in [6, 6.07) is 0. The van der Waals surface area contributed by atoms with Crippen LogP contribution < -0.4 is 4.90 Å². The van der Waals surface area contributed by atoms with Crippen molar-refractivity contribution in [1.82, 2.24) is 4.98 Å². The molecule has 1 atom stereocenters. The molecule has 0 saturated heterocycles. The van der Waals surface area contributed by atoms with E-state index < -0.39 is 0 Å².